The van der Waals surface area contributed by atoms with Gasteiger partial charge in [-0.1, -0.05) is 0 Å². The van der Waals surface area contributed by atoms with E-state index in [0.717, 1.165) is 24.3 Å². The third-order valence-electron chi connectivity index (χ3n) is 3.22. The standard InChI is InChI=1S/C16H8F3NO2/c17-9-2-4-14-10(6-9)11(16(21)22)7-15(20-14)8-1-3-12(18)13(19)5-8/h1-7H,(H,21,22). The Morgan fingerprint density at radius 3 is 2.41 bits per heavy atom. The molecule has 1 N–H and O–H groups in total. The van der Waals surface area contributed by atoms with Crippen LogP contribution in [0.5, 0.6) is 0 Å². The van der Waals surface area contributed by atoms with E-state index < -0.39 is 23.4 Å². The molecule has 0 aliphatic carbocycles. The second-order valence-electron chi connectivity index (χ2n) is 4.65. The Labute approximate surface area is 122 Å². The molecule has 0 aliphatic heterocycles. The van der Waals surface area contributed by atoms with Crippen LogP contribution in [0.1, 0.15) is 10.4 Å². The number of hydrogen-bond acceptors (Lipinski definition) is 2. The lowest BCUT2D eigenvalue weighted by molar-refractivity contribution is 0.0699. The van der Waals surface area contributed by atoms with Crippen LogP contribution < -0.4 is 0 Å². The third kappa shape index (κ3) is 2.39. The lowest BCUT2D eigenvalue weighted by Gasteiger charge is -2.07. The fourth-order valence-corrected chi connectivity index (χ4v) is 2.18. The maximum absolute atomic E-state index is 13.3. The van der Waals surface area contributed by atoms with Gasteiger partial charge in [-0.05, 0) is 42.5 Å². The molecule has 0 aliphatic rings. The van der Waals surface area contributed by atoms with Gasteiger partial charge in [-0.2, -0.15) is 0 Å². The minimum Gasteiger partial charge on any atom is -0.478 e. The zero-order valence-corrected chi connectivity index (χ0v) is 11.0. The first-order valence-electron chi connectivity index (χ1n) is 6.25. The summed E-state index contributed by atoms with van der Waals surface area (Å²) in [6.07, 6.45) is 0. The van der Waals surface area contributed by atoms with Crippen molar-refractivity contribution in [1.29, 1.82) is 0 Å². The molecule has 22 heavy (non-hydrogen) atoms. The number of hydrogen-bond donors (Lipinski definition) is 1. The van der Waals surface area contributed by atoms with Crippen molar-refractivity contribution in [2.24, 2.45) is 0 Å². The van der Waals surface area contributed by atoms with Gasteiger partial charge < -0.3 is 5.11 Å². The van der Waals surface area contributed by atoms with E-state index in [2.05, 4.69) is 4.98 Å². The minimum atomic E-state index is -1.26. The summed E-state index contributed by atoms with van der Waals surface area (Å²) >= 11 is 0. The molecule has 3 rings (SSSR count). The average molecular weight is 303 g/mol. The topological polar surface area (TPSA) is 50.2 Å². The molecule has 0 fully saturated rings. The lowest BCUT2D eigenvalue weighted by atomic mass is 10.0. The van der Waals surface area contributed by atoms with Crippen LogP contribution in [0, 0.1) is 17.5 Å². The van der Waals surface area contributed by atoms with Crippen molar-refractivity contribution in [3.05, 3.63) is 65.5 Å². The predicted molar refractivity (Wildman–Crippen MR) is 74.0 cm³/mol. The molecule has 0 spiro atoms. The maximum atomic E-state index is 13.3. The Balaban J connectivity index is 2.29. The number of rotatable bonds is 2. The predicted octanol–water partition coefficient (Wildman–Crippen LogP) is 4.02. The molecular weight excluding hydrogens is 295 g/mol. The normalized spacial score (nSPS) is 10.9. The number of fused-ring (bicyclic) bond motifs is 1. The molecule has 2 aromatic carbocycles. The minimum absolute atomic E-state index is 0.138. The first-order valence-corrected chi connectivity index (χ1v) is 6.25. The van der Waals surface area contributed by atoms with Gasteiger partial charge in [0.15, 0.2) is 11.6 Å². The number of carboxylic acid groups (broad SMARTS) is 1. The number of carbonyl (C=O) groups is 1. The monoisotopic (exact) mass is 303 g/mol. The van der Waals surface area contributed by atoms with E-state index >= 15 is 0 Å². The Morgan fingerprint density at radius 2 is 1.73 bits per heavy atom. The molecule has 3 aromatic rings. The van der Waals surface area contributed by atoms with Gasteiger partial charge in [-0.3, -0.25) is 0 Å². The molecular formula is C16H8F3NO2. The molecule has 0 saturated carbocycles. The molecule has 0 atom stereocenters. The van der Waals surface area contributed by atoms with E-state index in [-0.39, 0.29) is 27.7 Å². The highest BCUT2D eigenvalue weighted by molar-refractivity contribution is 6.03. The summed E-state index contributed by atoms with van der Waals surface area (Å²) in [5.74, 6) is -3.92. The summed E-state index contributed by atoms with van der Waals surface area (Å²) in [5.41, 5.74) is 0.480. The molecule has 0 saturated heterocycles. The summed E-state index contributed by atoms with van der Waals surface area (Å²) in [4.78, 5) is 15.5. The fraction of sp³-hybridized carbons (Fsp3) is 0. The molecule has 0 bridgehead atoms. The van der Waals surface area contributed by atoms with Gasteiger partial charge in [-0.15, -0.1) is 0 Å². The van der Waals surface area contributed by atoms with Crippen molar-refractivity contribution < 1.29 is 23.1 Å². The molecule has 6 heteroatoms. The summed E-state index contributed by atoms with van der Waals surface area (Å²) < 4.78 is 39.6. The molecule has 3 nitrogen and oxygen atoms in total. The number of nitrogens with zero attached hydrogens (tertiary/aromatic N) is 1. The van der Waals surface area contributed by atoms with Gasteiger partial charge in [0.2, 0.25) is 0 Å². The number of aromatic nitrogens is 1. The molecule has 0 amide bonds. The largest absolute Gasteiger partial charge is 0.478 e. The first kappa shape index (κ1) is 14.1. The Kier molecular flexibility index (Phi) is 3.29. The van der Waals surface area contributed by atoms with Gasteiger partial charge in [0, 0.05) is 10.9 Å². The van der Waals surface area contributed by atoms with Crippen molar-refractivity contribution in [3.63, 3.8) is 0 Å². The summed E-state index contributed by atoms with van der Waals surface area (Å²) in [7, 11) is 0. The van der Waals surface area contributed by atoms with E-state index in [1.54, 1.807) is 0 Å². The highest BCUT2D eigenvalue weighted by Crippen LogP contribution is 2.26. The van der Waals surface area contributed by atoms with Crippen molar-refractivity contribution in [1.82, 2.24) is 4.98 Å². The Morgan fingerprint density at radius 1 is 0.955 bits per heavy atom. The van der Waals surface area contributed by atoms with Gasteiger partial charge in [-0.25, -0.2) is 22.9 Å². The van der Waals surface area contributed by atoms with E-state index in [4.69, 9.17) is 0 Å². The second-order valence-corrected chi connectivity index (χ2v) is 4.65. The van der Waals surface area contributed by atoms with Crippen molar-refractivity contribution >= 4 is 16.9 Å². The Hall–Kier alpha value is -2.89. The van der Waals surface area contributed by atoms with E-state index in [1.807, 2.05) is 0 Å². The number of pyridine rings is 1. The number of carboxylic acids is 1. The lowest BCUT2D eigenvalue weighted by Crippen LogP contribution is -2.01. The van der Waals surface area contributed by atoms with Crippen LogP contribution in [0.2, 0.25) is 0 Å². The quantitative estimate of drug-likeness (QED) is 0.778. The smallest absolute Gasteiger partial charge is 0.336 e. The van der Waals surface area contributed by atoms with E-state index in [0.29, 0.717) is 0 Å². The second kappa shape index (κ2) is 5.14. The number of benzene rings is 2. The van der Waals surface area contributed by atoms with Crippen LogP contribution in [0.4, 0.5) is 13.2 Å². The zero-order chi connectivity index (χ0) is 15.9. The molecule has 1 heterocycles. The summed E-state index contributed by atoms with van der Waals surface area (Å²) in [6.45, 7) is 0. The molecule has 1 aromatic heterocycles. The zero-order valence-electron chi connectivity index (χ0n) is 11.0. The van der Waals surface area contributed by atoms with Crippen LogP contribution in [-0.2, 0) is 0 Å². The highest BCUT2D eigenvalue weighted by Gasteiger charge is 2.14. The molecule has 0 unspecified atom stereocenters. The van der Waals surface area contributed by atoms with Crippen LogP contribution >= 0.6 is 0 Å². The number of halogens is 3. The van der Waals surface area contributed by atoms with Crippen LogP contribution in [0.15, 0.2) is 42.5 Å². The SMILES string of the molecule is O=C(O)c1cc(-c2ccc(F)c(F)c2)nc2ccc(F)cc12. The van der Waals surface area contributed by atoms with Gasteiger partial charge in [0.05, 0.1) is 16.8 Å². The average Bonchev–Trinajstić information content (AvgIpc) is 2.48. The van der Waals surface area contributed by atoms with Gasteiger partial charge in [0.25, 0.3) is 0 Å². The van der Waals surface area contributed by atoms with Crippen LogP contribution in [0.3, 0.4) is 0 Å². The maximum Gasteiger partial charge on any atom is 0.336 e. The van der Waals surface area contributed by atoms with Crippen LogP contribution in [0.25, 0.3) is 22.2 Å². The number of aromatic carboxylic acids is 1. The van der Waals surface area contributed by atoms with Crippen molar-refractivity contribution in [3.8, 4) is 11.3 Å². The van der Waals surface area contributed by atoms with Crippen LogP contribution in [-0.4, -0.2) is 16.1 Å². The van der Waals surface area contributed by atoms with E-state index in [1.165, 1.54) is 18.2 Å². The van der Waals surface area contributed by atoms with Crippen molar-refractivity contribution in [2.45, 2.75) is 0 Å². The summed E-state index contributed by atoms with van der Waals surface area (Å²) in [6, 6.07) is 7.91. The molecule has 0 radical (unpaired) electrons. The first-order chi connectivity index (χ1) is 10.5. The van der Waals surface area contributed by atoms with Gasteiger partial charge >= 0.3 is 5.97 Å². The van der Waals surface area contributed by atoms with E-state index in [9.17, 15) is 23.1 Å². The van der Waals surface area contributed by atoms with Crippen molar-refractivity contribution in [2.75, 3.05) is 0 Å². The fourth-order valence-electron chi connectivity index (χ4n) is 2.18. The van der Waals surface area contributed by atoms with Gasteiger partial charge in [0.1, 0.15) is 5.82 Å². The highest BCUT2D eigenvalue weighted by atomic mass is 19.2. The molecule has 110 valence electrons. The summed E-state index contributed by atoms with van der Waals surface area (Å²) in [5, 5.41) is 9.40. The third-order valence-corrected chi connectivity index (χ3v) is 3.22. The Bertz CT molecular complexity index is 909.